The van der Waals surface area contributed by atoms with Crippen molar-refractivity contribution in [3.8, 4) is 0 Å². The van der Waals surface area contributed by atoms with E-state index in [-0.39, 0.29) is 16.7 Å². The molecule has 0 aliphatic heterocycles. The summed E-state index contributed by atoms with van der Waals surface area (Å²) in [7, 11) is 2.98. The van der Waals surface area contributed by atoms with E-state index in [1.807, 2.05) is 0 Å². The number of aryl methyl sites for hydroxylation is 1. The van der Waals surface area contributed by atoms with Gasteiger partial charge in [0, 0.05) is 23.9 Å². The number of nitrogens with zero attached hydrogens (tertiary/aromatic N) is 1. The highest BCUT2D eigenvalue weighted by molar-refractivity contribution is 8.13. The Morgan fingerprint density at radius 2 is 2.06 bits per heavy atom. The van der Waals surface area contributed by atoms with Crippen molar-refractivity contribution < 1.29 is 17.9 Å². The van der Waals surface area contributed by atoms with Gasteiger partial charge < -0.3 is 9.30 Å². The molecule has 0 N–H and O–H groups in total. The van der Waals surface area contributed by atoms with Gasteiger partial charge in [0.25, 0.3) is 9.05 Å². The maximum Gasteiger partial charge on any atom is 0.355 e. The van der Waals surface area contributed by atoms with Crippen LogP contribution in [0.2, 0.25) is 0 Å². The Bertz CT molecular complexity index is 558. The Kier molecular flexibility index (Phi) is 3.68. The second-order valence-corrected chi connectivity index (χ2v) is 6.99. The van der Waals surface area contributed by atoms with Gasteiger partial charge in [-0.1, -0.05) is 0 Å². The summed E-state index contributed by atoms with van der Waals surface area (Å²) >= 11 is 0. The number of rotatable bonds is 3. The van der Waals surface area contributed by atoms with Gasteiger partial charge in [-0.25, -0.2) is 13.2 Å². The van der Waals surface area contributed by atoms with Crippen molar-refractivity contribution in [2.45, 2.75) is 36.7 Å². The lowest BCUT2D eigenvalue weighted by atomic mass is 10.3. The van der Waals surface area contributed by atoms with Crippen LogP contribution in [-0.2, 0) is 20.8 Å². The molecule has 1 fully saturated rings. The fourth-order valence-electron chi connectivity index (χ4n) is 2.09. The molecular weight excluding hydrogens is 278 g/mol. The Labute approximate surface area is 110 Å². The largest absolute Gasteiger partial charge is 0.458 e. The zero-order valence-electron chi connectivity index (χ0n) is 9.93. The van der Waals surface area contributed by atoms with Crippen LogP contribution in [0.3, 0.4) is 0 Å². The second kappa shape index (κ2) is 4.93. The lowest BCUT2D eigenvalue weighted by Crippen LogP contribution is -2.16. The van der Waals surface area contributed by atoms with E-state index in [9.17, 15) is 13.2 Å². The Morgan fingerprint density at radius 1 is 1.44 bits per heavy atom. The molecule has 2 rings (SSSR count). The highest BCUT2D eigenvalue weighted by Gasteiger charge is 2.24. The fourth-order valence-corrected chi connectivity index (χ4v) is 2.88. The predicted octanol–water partition coefficient (Wildman–Crippen LogP) is 2.05. The summed E-state index contributed by atoms with van der Waals surface area (Å²) in [6, 6.07) is 1.24. The highest BCUT2D eigenvalue weighted by Crippen LogP contribution is 2.23. The first-order valence-electron chi connectivity index (χ1n) is 5.70. The molecular formula is C11H14ClNO4S. The van der Waals surface area contributed by atoms with Gasteiger partial charge >= 0.3 is 5.97 Å². The number of halogens is 1. The first kappa shape index (κ1) is 13.4. The summed E-state index contributed by atoms with van der Waals surface area (Å²) in [6.45, 7) is 0. The summed E-state index contributed by atoms with van der Waals surface area (Å²) in [5.74, 6) is -0.504. The number of carbonyl (C=O) groups excluding carboxylic acids is 1. The average Bonchev–Trinajstić information content (AvgIpc) is 2.85. The van der Waals surface area contributed by atoms with E-state index in [0.717, 1.165) is 25.7 Å². The van der Waals surface area contributed by atoms with Crippen LogP contribution in [-0.4, -0.2) is 25.1 Å². The fraction of sp³-hybridized carbons (Fsp3) is 0.545. The van der Waals surface area contributed by atoms with Crippen molar-refractivity contribution in [3.63, 3.8) is 0 Å². The molecule has 1 aliphatic rings. The first-order valence-corrected chi connectivity index (χ1v) is 8.01. The van der Waals surface area contributed by atoms with Gasteiger partial charge in [-0.15, -0.1) is 0 Å². The molecule has 0 unspecified atom stereocenters. The molecule has 0 amide bonds. The SMILES string of the molecule is Cn1cc(S(=O)(=O)Cl)cc1C(=O)OC1CCCC1. The Hall–Kier alpha value is -1.01. The Morgan fingerprint density at radius 3 is 2.56 bits per heavy atom. The number of esters is 1. The minimum Gasteiger partial charge on any atom is -0.458 e. The molecule has 1 aromatic rings. The van der Waals surface area contributed by atoms with Crippen LogP contribution < -0.4 is 0 Å². The molecule has 18 heavy (non-hydrogen) atoms. The molecule has 0 atom stereocenters. The quantitative estimate of drug-likeness (QED) is 0.631. The first-order chi connectivity index (χ1) is 8.38. The predicted molar refractivity (Wildman–Crippen MR) is 66.1 cm³/mol. The molecule has 1 aliphatic carbocycles. The maximum absolute atomic E-state index is 11.9. The van der Waals surface area contributed by atoms with E-state index in [0.29, 0.717) is 0 Å². The maximum atomic E-state index is 11.9. The summed E-state index contributed by atoms with van der Waals surface area (Å²) in [4.78, 5) is 11.8. The Balaban J connectivity index is 2.17. The summed E-state index contributed by atoms with van der Waals surface area (Å²) in [5.41, 5.74) is 0.195. The highest BCUT2D eigenvalue weighted by atomic mass is 35.7. The van der Waals surface area contributed by atoms with Crippen molar-refractivity contribution in [2.75, 3.05) is 0 Å². The van der Waals surface area contributed by atoms with E-state index in [1.165, 1.54) is 16.8 Å². The molecule has 0 saturated heterocycles. The van der Waals surface area contributed by atoms with Gasteiger partial charge in [0.15, 0.2) is 0 Å². The molecule has 7 heteroatoms. The van der Waals surface area contributed by atoms with E-state index in [4.69, 9.17) is 15.4 Å². The lowest BCUT2D eigenvalue weighted by Gasteiger charge is -2.11. The normalized spacial score (nSPS) is 17.0. The molecule has 5 nitrogen and oxygen atoms in total. The van der Waals surface area contributed by atoms with E-state index >= 15 is 0 Å². The topological polar surface area (TPSA) is 65.4 Å². The van der Waals surface area contributed by atoms with Gasteiger partial charge in [0.1, 0.15) is 16.7 Å². The van der Waals surface area contributed by atoms with Crippen LogP contribution in [0, 0.1) is 0 Å². The van der Waals surface area contributed by atoms with Crippen LogP contribution in [0.1, 0.15) is 36.2 Å². The number of hydrogen-bond acceptors (Lipinski definition) is 4. The van der Waals surface area contributed by atoms with Gasteiger partial charge in [-0.2, -0.15) is 0 Å². The van der Waals surface area contributed by atoms with Crippen molar-refractivity contribution in [2.24, 2.45) is 7.05 Å². The molecule has 1 saturated carbocycles. The molecule has 0 aromatic carbocycles. The van der Waals surface area contributed by atoms with E-state index in [1.54, 1.807) is 7.05 Å². The van der Waals surface area contributed by atoms with Crippen molar-refractivity contribution >= 4 is 25.7 Å². The molecule has 1 aromatic heterocycles. The second-order valence-electron chi connectivity index (χ2n) is 4.42. The minimum atomic E-state index is -3.82. The smallest absolute Gasteiger partial charge is 0.355 e. The zero-order chi connectivity index (χ0) is 13.3. The van der Waals surface area contributed by atoms with Crippen molar-refractivity contribution in [1.82, 2.24) is 4.57 Å². The van der Waals surface area contributed by atoms with Crippen molar-refractivity contribution in [1.29, 1.82) is 0 Å². The third kappa shape index (κ3) is 2.87. The standard InChI is InChI=1S/C11H14ClNO4S/c1-13-7-9(18(12,15)16)6-10(13)11(14)17-8-4-2-3-5-8/h6-8H,2-5H2,1H3. The van der Waals surface area contributed by atoms with Crippen LogP contribution in [0.25, 0.3) is 0 Å². The molecule has 1 heterocycles. The molecule has 100 valence electrons. The third-order valence-electron chi connectivity index (χ3n) is 3.05. The number of hydrogen-bond donors (Lipinski definition) is 0. The summed E-state index contributed by atoms with van der Waals surface area (Å²) < 4.78 is 29.0. The summed E-state index contributed by atoms with van der Waals surface area (Å²) in [5, 5.41) is 0. The number of ether oxygens (including phenoxy) is 1. The summed E-state index contributed by atoms with van der Waals surface area (Å²) in [6.07, 6.45) is 5.11. The van der Waals surface area contributed by atoms with Crippen LogP contribution in [0.15, 0.2) is 17.2 Å². The van der Waals surface area contributed by atoms with Gasteiger partial charge in [0.2, 0.25) is 0 Å². The number of carbonyl (C=O) groups is 1. The molecule has 0 bridgehead atoms. The molecule has 0 spiro atoms. The minimum absolute atomic E-state index is 0.0524. The van der Waals surface area contributed by atoms with E-state index in [2.05, 4.69) is 0 Å². The van der Waals surface area contributed by atoms with Crippen LogP contribution >= 0.6 is 10.7 Å². The lowest BCUT2D eigenvalue weighted by molar-refractivity contribution is 0.0306. The van der Waals surface area contributed by atoms with Gasteiger partial charge in [-0.05, 0) is 31.7 Å². The van der Waals surface area contributed by atoms with Crippen LogP contribution in [0.4, 0.5) is 0 Å². The number of aromatic nitrogens is 1. The zero-order valence-corrected chi connectivity index (χ0v) is 11.5. The van der Waals surface area contributed by atoms with Gasteiger partial charge in [0.05, 0.1) is 0 Å². The van der Waals surface area contributed by atoms with E-state index < -0.39 is 15.0 Å². The van der Waals surface area contributed by atoms with Crippen LogP contribution in [0.5, 0.6) is 0 Å². The van der Waals surface area contributed by atoms with Gasteiger partial charge in [-0.3, -0.25) is 0 Å². The monoisotopic (exact) mass is 291 g/mol. The molecule has 0 radical (unpaired) electrons. The van der Waals surface area contributed by atoms with Crippen molar-refractivity contribution in [3.05, 3.63) is 18.0 Å². The average molecular weight is 292 g/mol. The third-order valence-corrected chi connectivity index (χ3v) is 4.37.